The van der Waals surface area contributed by atoms with Crippen molar-refractivity contribution in [3.05, 3.63) is 78.1 Å². The van der Waals surface area contributed by atoms with Gasteiger partial charge in [0.25, 0.3) is 0 Å². The molecule has 0 bridgehead atoms. The Labute approximate surface area is 243 Å². The number of nitrogens with zero attached hydrogens (tertiary/aromatic N) is 3. The number of sulfonamides is 1. The number of nitrogens with one attached hydrogen (secondary N) is 1. The highest BCUT2D eigenvalue weighted by Crippen LogP contribution is 2.38. The van der Waals surface area contributed by atoms with Crippen molar-refractivity contribution in [3.8, 4) is 16.9 Å². The summed E-state index contributed by atoms with van der Waals surface area (Å²) in [5.74, 6) is -1.94. The van der Waals surface area contributed by atoms with E-state index in [-0.39, 0.29) is 35.8 Å². The average Bonchev–Trinajstić information content (AvgIpc) is 3.37. The first kappa shape index (κ1) is 28.7. The number of likely N-dealkylation sites (tertiary alicyclic amines) is 1. The molecule has 42 heavy (non-hydrogen) atoms. The molecule has 0 unspecified atom stereocenters. The summed E-state index contributed by atoms with van der Waals surface area (Å²) < 4.78 is 63.1. The number of hydrogen-bond donors (Lipinski definition) is 2. The molecule has 0 aliphatic carbocycles. The van der Waals surface area contributed by atoms with Crippen LogP contribution in [0.25, 0.3) is 11.1 Å². The van der Waals surface area contributed by atoms with Crippen LogP contribution in [0.4, 0.5) is 8.78 Å². The number of hydrogen-bond acceptors (Lipinski definition) is 7. The Hall–Kier alpha value is -3.45. The zero-order chi connectivity index (χ0) is 29.5. The molecule has 3 aliphatic rings. The predicted octanol–water partition coefficient (Wildman–Crippen LogP) is 3.08. The molecule has 9 nitrogen and oxygen atoms in total. The van der Waals surface area contributed by atoms with Crippen molar-refractivity contribution in [2.24, 2.45) is 0 Å². The maximum Gasteiger partial charge on any atom is 0.247 e. The number of pyridine rings is 1. The van der Waals surface area contributed by atoms with Gasteiger partial charge in [-0.25, -0.2) is 17.2 Å². The summed E-state index contributed by atoms with van der Waals surface area (Å²) in [4.78, 5) is 19.9. The topological polar surface area (TPSA) is 112 Å². The standard InChI is InChI=1S/C30H32F2N4O5S/c31-22-2-3-24(25(32)16-22)21-1-4-28-27(15-21)41-14-9-30(7-12-35(13-8-30)18-20-5-10-33-11-6-20)34-29(38)26-17-23(37)19-36(26)42(28,39)40/h1-6,10-11,15-16,23,26,37H,7-9,12-14,17-19H2,(H,34,38)/t23-,26+/m1/s1. The molecule has 1 amide bonds. The SMILES string of the molecule is O=C1NC2(CCOc3cc(-c4ccc(F)cc4F)ccc3S(=O)(=O)N3C[C@H](O)C[C@@H]13)CCN(Cc1ccncc1)CC2. The Morgan fingerprint density at radius 3 is 2.55 bits per heavy atom. The van der Waals surface area contributed by atoms with E-state index >= 15 is 0 Å². The number of rotatable bonds is 3. The van der Waals surface area contributed by atoms with Crippen LogP contribution in [0.15, 0.2) is 65.8 Å². The summed E-state index contributed by atoms with van der Waals surface area (Å²) in [5, 5.41) is 13.6. The first-order valence-corrected chi connectivity index (χ1v) is 15.4. The lowest BCUT2D eigenvalue weighted by atomic mass is 9.84. The highest BCUT2D eigenvalue weighted by molar-refractivity contribution is 7.89. The molecule has 2 saturated heterocycles. The van der Waals surface area contributed by atoms with Crippen LogP contribution in [0, 0.1) is 11.6 Å². The number of piperidine rings is 1. The van der Waals surface area contributed by atoms with Crippen molar-refractivity contribution < 1.29 is 31.8 Å². The van der Waals surface area contributed by atoms with Gasteiger partial charge in [-0.3, -0.25) is 14.7 Å². The fourth-order valence-electron chi connectivity index (χ4n) is 6.16. The van der Waals surface area contributed by atoms with E-state index < -0.39 is 45.2 Å². The number of fused-ring (bicyclic) bond motifs is 2. The molecular weight excluding hydrogens is 566 g/mol. The Morgan fingerprint density at radius 2 is 1.81 bits per heavy atom. The number of halogens is 2. The smallest absolute Gasteiger partial charge is 0.247 e. The first-order chi connectivity index (χ1) is 20.1. The summed E-state index contributed by atoms with van der Waals surface area (Å²) in [6.45, 7) is 2.04. The molecule has 3 aromatic rings. The number of carbonyl (C=O) groups excluding carboxylic acids is 1. The van der Waals surface area contributed by atoms with E-state index in [1.807, 2.05) is 12.1 Å². The van der Waals surface area contributed by atoms with Crippen LogP contribution < -0.4 is 10.1 Å². The summed E-state index contributed by atoms with van der Waals surface area (Å²) >= 11 is 0. The second-order valence-corrected chi connectivity index (χ2v) is 13.1. The van der Waals surface area contributed by atoms with Gasteiger partial charge in [-0.05, 0) is 60.4 Å². The van der Waals surface area contributed by atoms with Crippen molar-refractivity contribution in [1.29, 1.82) is 0 Å². The van der Waals surface area contributed by atoms with Gasteiger partial charge in [0.05, 0.1) is 12.7 Å². The number of benzene rings is 2. The minimum Gasteiger partial charge on any atom is -0.492 e. The Morgan fingerprint density at radius 1 is 1.05 bits per heavy atom. The third-order valence-electron chi connectivity index (χ3n) is 8.50. The fourth-order valence-corrected chi connectivity index (χ4v) is 7.91. The minimum atomic E-state index is -4.28. The second kappa shape index (κ2) is 11.3. The Bertz CT molecular complexity index is 1580. The molecule has 222 valence electrons. The molecule has 2 aromatic carbocycles. The van der Waals surface area contributed by atoms with Crippen LogP contribution in [0.1, 0.15) is 31.2 Å². The van der Waals surface area contributed by atoms with E-state index in [2.05, 4.69) is 15.2 Å². The number of aliphatic hydroxyl groups is 1. The molecule has 0 saturated carbocycles. The van der Waals surface area contributed by atoms with Gasteiger partial charge in [0.1, 0.15) is 28.3 Å². The molecule has 0 radical (unpaired) electrons. The van der Waals surface area contributed by atoms with Gasteiger partial charge in [0.2, 0.25) is 15.9 Å². The van der Waals surface area contributed by atoms with Crippen molar-refractivity contribution in [3.63, 3.8) is 0 Å². The minimum absolute atomic E-state index is 0.0102. The van der Waals surface area contributed by atoms with E-state index in [9.17, 15) is 27.1 Å². The van der Waals surface area contributed by atoms with Crippen LogP contribution in [0.2, 0.25) is 0 Å². The van der Waals surface area contributed by atoms with Crippen molar-refractivity contribution >= 4 is 15.9 Å². The normalized spacial score (nSPS) is 24.2. The summed E-state index contributed by atoms with van der Waals surface area (Å²) in [5.41, 5.74) is 0.920. The van der Waals surface area contributed by atoms with Gasteiger partial charge >= 0.3 is 0 Å². The van der Waals surface area contributed by atoms with Crippen molar-refractivity contribution in [2.75, 3.05) is 26.2 Å². The highest BCUT2D eigenvalue weighted by Gasteiger charge is 2.47. The molecule has 2 fully saturated rings. The second-order valence-electron chi connectivity index (χ2n) is 11.3. The van der Waals surface area contributed by atoms with Crippen LogP contribution in [0.3, 0.4) is 0 Å². The van der Waals surface area contributed by atoms with Gasteiger partial charge in [0, 0.05) is 68.6 Å². The molecule has 12 heteroatoms. The van der Waals surface area contributed by atoms with Gasteiger partial charge in [-0.2, -0.15) is 4.31 Å². The van der Waals surface area contributed by atoms with Crippen LogP contribution in [0.5, 0.6) is 5.75 Å². The lowest BCUT2D eigenvalue weighted by molar-refractivity contribution is -0.127. The molecule has 4 heterocycles. The average molecular weight is 599 g/mol. The molecule has 6 rings (SSSR count). The molecule has 1 spiro atoms. The molecular formula is C30H32F2N4O5S. The number of aromatic nitrogens is 1. The van der Waals surface area contributed by atoms with Gasteiger partial charge in [-0.15, -0.1) is 0 Å². The predicted molar refractivity (Wildman–Crippen MR) is 150 cm³/mol. The Balaban J connectivity index is 1.32. The van der Waals surface area contributed by atoms with E-state index in [1.54, 1.807) is 12.4 Å². The maximum atomic E-state index is 14.6. The monoisotopic (exact) mass is 598 g/mol. The van der Waals surface area contributed by atoms with Crippen LogP contribution >= 0.6 is 0 Å². The van der Waals surface area contributed by atoms with Crippen molar-refractivity contribution in [1.82, 2.24) is 19.5 Å². The third-order valence-corrected chi connectivity index (χ3v) is 10.4. The van der Waals surface area contributed by atoms with Gasteiger partial charge < -0.3 is 15.2 Å². The summed E-state index contributed by atoms with van der Waals surface area (Å²) in [6, 6.07) is 10.2. The largest absolute Gasteiger partial charge is 0.492 e. The van der Waals surface area contributed by atoms with Gasteiger partial charge in [0.15, 0.2) is 0 Å². The van der Waals surface area contributed by atoms with E-state index in [4.69, 9.17) is 4.74 Å². The number of carbonyl (C=O) groups is 1. The molecule has 2 atom stereocenters. The zero-order valence-electron chi connectivity index (χ0n) is 22.9. The maximum absolute atomic E-state index is 14.6. The summed E-state index contributed by atoms with van der Waals surface area (Å²) in [6.07, 6.45) is 4.16. The highest BCUT2D eigenvalue weighted by atomic mass is 32.2. The number of ether oxygens (including phenoxy) is 1. The van der Waals surface area contributed by atoms with Gasteiger partial charge in [-0.1, -0.05) is 6.07 Å². The zero-order valence-corrected chi connectivity index (χ0v) is 23.7. The van der Waals surface area contributed by atoms with Crippen molar-refractivity contribution in [2.45, 2.75) is 54.8 Å². The van der Waals surface area contributed by atoms with Crippen LogP contribution in [-0.2, 0) is 21.4 Å². The molecule has 3 aliphatic heterocycles. The number of amides is 1. The van der Waals surface area contributed by atoms with E-state index in [1.165, 1.54) is 24.3 Å². The lowest BCUT2D eigenvalue weighted by Gasteiger charge is -2.43. The van der Waals surface area contributed by atoms with Crippen LogP contribution in [-0.4, -0.2) is 77.5 Å². The lowest BCUT2D eigenvalue weighted by Crippen LogP contribution is -2.59. The van der Waals surface area contributed by atoms with E-state index in [0.717, 1.165) is 28.5 Å². The summed E-state index contributed by atoms with van der Waals surface area (Å²) in [7, 11) is -4.28. The fraction of sp³-hybridized carbons (Fsp3) is 0.400. The van der Waals surface area contributed by atoms with E-state index in [0.29, 0.717) is 37.9 Å². The quantitative estimate of drug-likeness (QED) is 0.477. The number of aliphatic hydroxyl groups excluding tert-OH is 1. The Kier molecular flexibility index (Phi) is 7.73. The molecule has 2 N–H and O–H groups in total. The molecule has 1 aromatic heterocycles. The first-order valence-electron chi connectivity index (χ1n) is 14.0. The third kappa shape index (κ3) is 5.63.